The molecule has 4 heteroatoms. The highest BCUT2D eigenvalue weighted by atomic mass is 16.5. The first-order valence-electron chi connectivity index (χ1n) is 8.67. The van der Waals surface area contributed by atoms with Crippen molar-refractivity contribution in [1.82, 2.24) is 5.01 Å². The maximum Gasteiger partial charge on any atom is 0.240 e. The Balaban J connectivity index is 1.81. The molecule has 1 atom stereocenters. The van der Waals surface area contributed by atoms with E-state index in [9.17, 15) is 4.79 Å². The average Bonchev–Trinajstić information content (AvgIpc) is 3.13. The molecule has 0 radical (unpaired) electrons. The van der Waals surface area contributed by atoms with Gasteiger partial charge >= 0.3 is 0 Å². The highest BCUT2D eigenvalue weighted by molar-refractivity contribution is 6.13. The van der Waals surface area contributed by atoms with E-state index in [-0.39, 0.29) is 11.9 Å². The van der Waals surface area contributed by atoms with Gasteiger partial charge in [0.1, 0.15) is 5.75 Å². The smallest absolute Gasteiger partial charge is 0.240 e. The first kappa shape index (κ1) is 16.3. The van der Waals surface area contributed by atoms with Gasteiger partial charge in [-0.3, -0.25) is 4.79 Å². The van der Waals surface area contributed by atoms with Crippen LogP contribution in [0.4, 0.5) is 0 Å². The summed E-state index contributed by atoms with van der Waals surface area (Å²) in [5, 5.41) is 8.42. The van der Waals surface area contributed by atoms with Gasteiger partial charge in [-0.25, -0.2) is 5.01 Å². The van der Waals surface area contributed by atoms with Crippen LogP contribution in [0.5, 0.6) is 5.75 Å². The molecular formula is C22H20N2O2. The van der Waals surface area contributed by atoms with Gasteiger partial charge in [-0.2, -0.15) is 5.10 Å². The minimum Gasteiger partial charge on any atom is -0.496 e. The zero-order valence-electron chi connectivity index (χ0n) is 14.8. The number of fused-ring (bicyclic) bond motifs is 1. The van der Waals surface area contributed by atoms with Crippen LogP contribution in [-0.4, -0.2) is 23.7 Å². The molecule has 130 valence electrons. The number of hydrogen-bond acceptors (Lipinski definition) is 3. The summed E-state index contributed by atoms with van der Waals surface area (Å²) < 4.78 is 5.49. The van der Waals surface area contributed by atoms with E-state index in [2.05, 4.69) is 11.2 Å². The van der Waals surface area contributed by atoms with Crippen LogP contribution in [0.3, 0.4) is 0 Å². The Labute approximate surface area is 152 Å². The summed E-state index contributed by atoms with van der Waals surface area (Å²) in [6.45, 7) is 1.56. The third-order valence-corrected chi connectivity index (χ3v) is 4.83. The molecule has 0 saturated heterocycles. The summed E-state index contributed by atoms with van der Waals surface area (Å²) in [5.41, 5.74) is 3.07. The van der Waals surface area contributed by atoms with Crippen molar-refractivity contribution in [3.8, 4) is 5.75 Å². The molecule has 1 unspecified atom stereocenters. The number of nitrogens with zero attached hydrogens (tertiary/aromatic N) is 2. The lowest BCUT2D eigenvalue weighted by molar-refractivity contribution is -0.130. The van der Waals surface area contributed by atoms with Gasteiger partial charge in [-0.05, 0) is 23.1 Å². The molecule has 1 aliphatic rings. The van der Waals surface area contributed by atoms with Crippen molar-refractivity contribution < 1.29 is 9.53 Å². The number of rotatable bonds is 3. The van der Waals surface area contributed by atoms with Gasteiger partial charge in [0, 0.05) is 24.3 Å². The Kier molecular flexibility index (Phi) is 4.17. The second kappa shape index (κ2) is 6.64. The minimum absolute atomic E-state index is 0.0494. The van der Waals surface area contributed by atoms with Gasteiger partial charge in [0.2, 0.25) is 5.91 Å². The molecule has 26 heavy (non-hydrogen) atoms. The Morgan fingerprint density at radius 1 is 1.00 bits per heavy atom. The largest absolute Gasteiger partial charge is 0.496 e. The predicted molar refractivity (Wildman–Crippen MR) is 103 cm³/mol. The second-order valence-corrected chi connectivity index (χ2v) is 6.40. The minimum atomic E-state index is -0.0652. The molecule has 3 aromatic carbocycles. The maximum absolute atomic E-state index is 12.2. The predicted octanol–water partition coefficient (Wildman–Crippen LogP) is 4.55. The van der Waals surface area contributed by atoms with E-state index in [1.165, 1.54) is 0 Å². The third-order valence-electron chi connectivity index (χ3n) is 4.83. The number of amides is 1. The number of methoxy groups -OCH3 is 1. The van der Waals surface area contributed by atoms with E-state index in [1.807, 2.05) is 60.7 Å². The molecule has 0 fully saturated rings. The van der Waals surface area contributed by atoms with Crippen LogP contribution < -0.4 is 4.74 Å². The molecular weight excluding hydrogens is 324 g/mol. The zero-order chi connectivity index (χ0) is 18.1. The molecule has 1 amide bonds. The standard InChI is InChI=1S/C22H20N2O2/c1-15(25)24-21(16-8-4-3-5-9-16)14-20(23-24)18-12-13-22(26-2)19-11-7-6-10-17(18)19/h3-13,21H,14H2,1-2H3. The van der Waals surface area contributed by atoms with Crippen molar-refractivity contribution in [1.29, 1.82) is 0 Å². The van der Waals surface area contributed by atoms with Gasteiger partial charge in [0.25, 0.3) is 0 Å². The van der Waals surface area contributed by atoms with Crippen LogP contribution in [0.1, 0.15) is 30.5 Å². The molecule has 0 bridgehead atoms. The van der Waals surface area contributed by atoms with Crippen molar-refractivity contribution in [3.63, 3.8) is 0 Å². The lowest BCUT2D eigenvalue weighted by Gasteiger charge is -2.20. The summed E-state index contributed by atoms with van der Waals surface area (Å²) >= 11 is 0. The van der Waals surface area contributed by atoms with Crippen LogP contribution in [0.25, 0.3) is 10.8 Å². The highest BCUT2D eigenvalue weighted by Crippen LogP contribution is 2.36. The fourth-order valence-electron chi connectivity index (χ4n) is 3.60. The van der Waals surface area contributed by atoms with Crippen molar-refractivity contribution in [2.24, 2.45) is 5.10 Å². The van der Waals surface area contributed by atoms with Gasteiger partial charge in [0.05, 0.1) is 18.9 Å². The van der Waals surface area contributed by atoms with Gasteiger partial charge in [0.15, 0.2) is 0 Å². The highest BCUT2D eigenvalue weighted by Gasteiger charge is 2.31. The fraction of sp³-hybridized carbons (Fsp3) is 0.182. The maximum atomic E-state index is 12.2. The SMILES string of the molecule is COc1ccc(C2=NN(C(C)=O)C(c3ccccc3)C2)c2ccccc12. The molecule has 0 spiro atoms. The van der Waals surface area contributed by atoms with Crippen LogP contribution in [0.15, 0.2) is 71.8 Å². The molecule has 0 aromatic heterocycles. The zero-order valence-corrected chi connectivity index (χ0v) is 14.8. The first-order chi connectivity index (χ1) is 12.7. The number of hydrogen-bond donors (Lipinski definition) is 0. The van der Waals surface area contributed by atoms with E-state index in [4.69, 9.17) is 4.74 Å². The summed E-state index contributed by atoms with van der Waals surface area (Å²) in [6, 6.07) is 22.1. The van der Waals surface area contributed by atoms with Crippen LogP contribution in [0, 0.1) is 0 Å². The molecule has 1 aliphatic heterocycles. The molecule has 4 rings (SSSR count). The molecule has 3 aromatic rings. The molecule has 1 heterocycles. The second-order valence-electron chi connectivity index (χ2n) is 6.40. The van der Waals surface area contributed by atoms with Crippen LogP contribution in [0.2, 0.25) is 0 Å². The Morgan fingerprint density at radius 2 is 1.69 bits per heavy atom. The van der Waals surface area contributed by atoms with Crippen LogP contribution in [-0.2, 0) is 4.79 Å². The number of ether oxygens (including phenoxy) is 1. The van der Waals surface area contributed by atoms with Gasteiger partial charge in [-0.1, -0.05) is 54.6 Å². The van der Waals surface area contributed by atoms with E-state index in [0.29, 0.717) is 6.42 Å². The van der Waals surface area contributed by atoms with Crippen LogP contribution >= 0.6 is 0 Å². The van der Waals surface area contributed by atoms with E-state index in [1.54, 1.807) is 19.0 Å². The van der Waals surface area contributed by atoms with E-state index >= 15 is 0 Å². The number of benzene rings is 3. The summed E-state index contributed by atoms with van der Waals surface area (Å²) in [5.74, 6) is 0.789. The van der Waals surface area contributed by atoms with Crippen molar-refractivity contribution in [3.05, 3.63) is 77.9 Å². The lowest BCUT2D eigenvalue weighted by Crippen LogP contribution is -2.24. The fourth-order valence-corrected chi connectivity index (χ4v) is 3.60. The quantitative estimate of drug-likeness (QED) is 0.700. The summed E-state index contributed by atoms with van der Waals surface area (Å²) in [6.07, 6.45) is 0.694. The van der Waals surface area contributed by atoms with Gasteiger partial charge in [-0.15, -0.1) is 0 Å². The monoisotopic (exact) mass is 344 g/mol. The normalized spacial score (nSPS) is 16.6. The first-order valence-corrected chi connectivity index (χ1v) is 8.67. The number of hydrazone groups is 1. The van der Waals surface area contributed by atoms with E-state index < -0.39 is 0 Å². The van der Waals surface area contributed by atoms with E-state index in [0.717, 1.165) is 33.4 Å². The Morgan fingerprint density at radius 3 is 2.38 bits per heavy atom. The lowest BCUT2D eigenvalue weighted by atomic mass is 9.95. The summed E-state index contributed by atoms with van der Waals surface area (Å²) in [7, 11) is 1.68. The number of carbonyl (C=O) groups is 1. The Hall–Kier alpha value is -3.14. The van der Waals surface area contributed by atoms with Crippen molar-refractivity contribution in [2.45, 2.75) is 19.4 Å². The number of carbonyl (C=O) groups excluding carboxylic acids is 1. The molecule has 0 saturated carbocycles. The van der Waals surface area contributed by atoms with Crippen molar-refractivity contribution >= 4 is 22.4 Å². The topological polar surface area (TPSA) is 41.9 Å². The molecule has 4 nitrogen and oxygen atoms in total. The van der Waals surface area contributed by atoms with Crippen molar-refractivity contribution in [2.75, 3.05) is 7.11 Å². The van der Waals surface area contributed by atoms with Gasteiger partial charge < -0.3 is 4.74 Å². The summed E-state index contributed by atoms with van der Waals surface area (Å²) in [4.78, 5) is 12.2. The Bertz CT molecular complexity index is 995. The third kappa shape index (κ3) is 2.73. The average molecular weight is 344 g/mol. The molecule has 0 N–H and O–H groups in total. The molecule has 0 aliphatic carbocycles.